The maximum atomic E-state index is 12.0. The summed E-state index contributed by atoms with van der Waals surface area (Å²) in [5, 5.41) is 2.69. The van der Waals surface area contributed by atoms with Crippen molar-refractivity contribution < 1.29 is 9.59 Å². The second-order valence-corrected chi connectivity index (χ2v) is 5.00. The van der Waals surface area contributed by atoms with E-state index in [1.807, 2.05) is 6.92 Å². The van der Waals surface area contributed by atoms with Crippen molar-refractivity contribution in [2.75, 3.05) is 13.1 Å². The minimum absolute atomic E-state index is 0.0113. The van der Waals surface area contributed by atoms with E-state index in [0.717, 1.165) is 25.9 Å². The number of amides is 2. The Bertz CT molecular complexity index is 296. The highest BCUT2D eigenvalue weighted by Crippen LogP contribution is 2.10. The normalized spacial score (nSPS) is 20.8. The Morgan fingerprint density at radius 3 is 2.41 bits per heavy atom. The van der Waals surface area contributed by atoms with E-state index in [1.54, 1.807) is 18.7 Å². The lowest BCUT2D eigenvalue weighted by atomic mass is 9.99. The molecule has 1 saturated heterocycles. The molecule has 0 spiro atoms. The zero-order chi connectivity index (χ0) is 13.1. The van der Waals surface area contributed by atoms with E-state index in [0.29, 0.717) is 6.42 Å². The van der Waals surface area contributed by atoms with Crippen molar-refractivity contribution >= 4 is 11.8 Å². The molecule has 0 aromatic heterocycles. The molecule has 3 N–H and O–H groups in total. The van der Waals surface area contributed by atoms with Gasteiger partial charge < -0.3 is 16.0 Å². The molecular weight excluding hydrogens is 218 g/mol. The van der Waals surface area contributed by atoms with E-state index in [9.17, 15) is 9.59 Å². The molecular formula is C12H23N3O2. The van der Waals surface area contributed by atoms with E-state index in [1.165, 1.54) is 0 Å². The second-order valence-electron chi connectivity index (χ2n) is 5.00. The molecule has 2 atom stereocenters. The number of rotatable bonds is 4. The first-order valence-corrected chi connectivity index (χ1v) is 6.27. The molecule has 2 amide bonds. The molecule has 1 heterocycles. The molecule has 0 saturated carbocycles. The fourth-order valence-corrected chi connectivity index (χ4v) is 1.80. The van der Waals surface area contributed by atoms with Crippen LogP contribution < -0.4 is 11.1 Å². The highest BCUT2D eigenvalue weighted by molar-refractivity contribution is 5.91. The van der Waals surface area contributed by atoms with Crippen molar-refractivity contribution in [3.8, 4) is 0 Å². The van der Waals surface area contributed by atoms with Crippen molar-refractivity contribution in [2.24, 2.45) is 5.73 Å². The second kappa shape index (κ2) is 5.49. The lowest BCUT2D eigenvalue weighted by molar-refractivity contribution is -0.136. The van der Waals surface area contributed by atoms with E-state index in [-0.39, 0.29) is 11.8 Å². The monoisotopic (exact) mass is 241 g/mol. The van der Waals surface area contributed by atoms with Gasteiger partial charge in [-0.2, -0.15) is 0 Å². The van der Waals surface area contributed by atoms with Gasteiger partial charge >= 0.3 is 0 Å². The highest BCUT2D eigenvalue weighted by atomic mass is 16.2. The Kier molecular flexibility index (Phi) is 4.51. The summed E-state index contributed by atoms with van der Waals surface area (Å²) in [6.07, 6.45) is 2.65. The third kappa shape index (κ3) is 3.43. The molecule has 1 rings (SSSR count). The van der Waals surface area contributed by atoms with Gasteiger partial charge in [-0.3, -0.25) is 9.59 Å². The largest absolute Gasteiger partial charge is 0.343 e. The van der Waals surface area contributed by atoms with Gasteiger partial charge in [-0.15, -0.1) is 0 Å². The van der Waals surface area contributed by atoms with Crippen LogP contribution in [0.3, 0.4) is 0 Å². The first kappa shape index (κ1) is 14.0. The minimum Gasteiger partial charge on any atom is -0.343 e. The van der Waals surface area contributed by atoms with E-state index in [4.69, 9.17) is 5.73 Å². The third-order valence-corrected chi connectivity index (χ3v) is 3.39. The summed E-state index contributed by atoms with van der Waals surface area (Å²) in [4.78, 5) is 25.6. The molecule has 0 radical (unpaired) electrons. The molecule has 0 bridgehead atoms. The predicted octanol–water partition coefficient (Wildman–Crippen LogP) is 0.241. The lowest BCUT2D eigenvalue weighted by Gasteiger charge is -2.26. The van der Waals surface area contributed by atoms with Crippen LogP contribution in [0.2, 0.25) is 0 Å². The summed E-state index contributed by atoms with van der Waals surface area (Å²) < 4.78 is 0. The summed E-state index contributed by atoms with van der Waals surface area (Å²) in [6.45, 7) is 6.84. The van der Waals surface area contributed by atoms with Crippen LogP contribution in [0.1, 0.15) is 40.0 Å². The first-order valence-electron chi connectivity index (χ1n) is 6.27. The number of nitrogens with one attached hydrogen (secondary N) is 1. The molecule has 1 aliphatic heterocycles. The molecule has 1 aliphatic rings. The Hall–Kier alpha value is -1.10. The Labute approximate surface area is 103 Å². The molecule has 5 nitrogen and oxygen atoms in total. The van der Waals surface area contributed by atoms with Crippen LogP contribution in [0.15, 0.2) is 0 Å². The van der Waals surface area contributed by atoms with Crippen molar-refractivity contribution in [2.45, 2.75) is 51.6 Å². The van der Waals surface area contributed by atoms with E-state index in [2.05, 4.69) is 5.32 Å². The van der Waals surface area contributed by atoms with Crippen LogP contribution in [0.25, 0.3) is 0 Å². The van der Waals surface area contributed by atoms with Crippen molar-refractivity contribution in [1.29, 1.82) is 0 Å². The molecule has 17 heavy (non-hydrogen) atoms. The Morgan fingerprint density at radius 1 is 1.41 bits per heavy atom. The zero-order valence-corrected chi connectivity index (χ0v) is 11.0. The summed E-state index contributed by atoms with van der Waals surface area (Å²) in [7, 11) is 0. The standard InChI is InChI=1S/C12H23N3O2/c1-4-12(3,13)11(17)14-9(2)10(16)15-7-5-6-8-15/h9H,4-8,13H2,1-3H3,(H,14,17). The lowest BCUT2D eigenvalue weighted by Crippen LogP contribution is -2.56. The fourth-order valence-electron chi connectivity index (χ4n) is 1.80. The van der Waals surface area contributed by atoms with Crippen LogP contribution in [-0.4, -0.2) is 41.4 Å². The summed E-state index contributed by atoms with van der Waals surface area (Å²) >= 11 is 0. The Balaban J connectivity index is 2.51. The van der Waals surface area contributed by atoms with E-state index >= 15 is 0 Å². The third-order valence-electron chi connectivity index (χ3n) is 3.39. The van der Waals surface area contributed by atoms with Gasteiger partial charge in [-0.1, -0.05) is 6.92 Å². The Morgan fingerprint density at radius 2 is 1.94 bits per heavy atom. The molecule has 1 fully saturated rings. The minimum atomic E-state index is -0.903. The molecule has 98 valence electrons. The zero-order valence-electron chi connectivity index (χ0n) is 11.0. The van der Waals surface area contributed by atoms with Gasteiger partial charge in [0.15, 0.2) is 0 Å². The van der Waals surface area contributed by atoms with Gasteiger partial charge in [0.2, 0.25) is 11.8 Å². The maximum absolute atomic E-state index is 12.0. The van der Waals surface area contributed by atoms with Gasteiger partial charge in [-0.05, 0) is 33.1 Å². The number of carbonyl (C=O) groups is 2. The number of nitrogens with zero attached hydrogens (tertiary/aromatic N) is 1. The van der Waals surface area contributed by atoms with Crippen LogP contribution in [0, 0.1) is 0 Å². The number of hydrogen-bond acceptors (Lipinski definition) is 3. The first-order chi connectivity index (χ1) is 7.88. The molecule has 0 aliphatic carbocycles. The van der Waals surface area contributed by atoms with Gasteiger partial charge in [0.05, 0.1) is 5.54 Å². The molecule has 5 heteroatoms. The predicted molar refractivity (Wildman–Crippen MR) is 66.3 cm³/mol. The average Bonchev–Trinajstić information content (AvgIpc) is 2.81. The van der Waals surface area contributed by atoms with Crippen molar-refractivity contribution in [3.63, 3.8) is 0 Å². The molecule has 2 unspecified atom stereocenters. The average molecular weight is 241 g/mol. The maximum Gasteiger partial charge on any atom is 0.244 e. The SMILES string of the molecule is CCC(C)(N)C(=O)NC(C)C(=O)N1CCCC1. The summed E-state index contributed by atoms with van der Waals surface area (Å²) in [5.74, 6) is -0.275. The van der Waals surface area contributed by atoms with Crippen LogP contribution in [0.4, 0.5) is 0 Å². The fraction of sp³-hybridized carbons (Fsp3) is 0.833. The van der Waals surface area contributed by atoms with Crippen LogP contribution in [-0.2, 0) is 9.59 Å². The quantitative estimate of drug-likeness (QED) is 0.740. The number of hydrogen-bond donors (Lipinski definition) is 2. The summed E-state index contributed by atoms with van der Waals surface area (Å²) in [6, 6.07) is -0.491. The summed E-state index contributed by atoms with van der Waals surface area (Å²) in [5.41, 5.74) is 4.92. The highest BCUT2D eigenvalue weighted by Gasteiger charge is 2.30. The van der Waals surface area contributed by atoms with Crippen molar-refractivity contribution in [3.05, 3.63) is 0 Å². The number of likely N-dealkylation sites (tertiary alicyclic amines) is 1. The van der Waals surface area contributed by atoms with Crippen molar-refractivity contribution in [1.82, 2.24) is 10.2 Å². The molecule has 0 aromatic carbocycles. The van der Waals surface area contributed by atoms with E-state index < -0.39 is 11.6 Å². The number of carbonyl (C=O) groups excluding carboxylic acids is 2. The van der Waals surface area contributed by atoms with Crippen LogP contribution in [0.5, 0.6) is 0 Å². The topological polar surface area (TPSA) is 75.4 Å². The smallest absolute Gasteiger partial charge is 0.244 e. The van der Waals surface area contributed by atoms with Gasteiger partial charge in [-0.25, -0.2) is 0 Å². The van der Waals surface area contributed by atoms with Crippen LogP contribution >= 0.6 is 0 Å². The molecule has 0 aromatic rings. The van der Waals surface area contributed by atoms with Gasteiger partial charge in [0.25, 0.3) is 0 Å². The number of nitrogens with two attached hydrogens (primary N) is 1. The van der Waals surface area contributed by atoms with Gasteiger partial charge in [0.1, 0.15) is 6.04 Å². The van der Waals surface area contributed by atoms with Gasteiger partial charge in [0, 0.05) is 13.1 Å².